The van der Waals surface area contributed by atoms with Crippen LogP contribution in [0.3, 0.4) is 0 Å². The highest BCUT2D eigenvalue weighted by molar-refractivity contribution is 8.00. The van der Waals surface area contributed by atoms with Crippen LogP contribution >= 0.6 is 11.8 Å². The monoisotopic (exact) mass is 359 g/mol. The van der Waals surface area contributed by atoms with Gasteiger partial charge in [-0.2, -0.15) is 0 Å². The highest BCUT2D eigenvalue weighted by Crippen LogP contribution is 2.28. The third-order valence-electron chi connectivity index (χ3n) is 4.66. The Morgan fingerprint density at radius 3 is 2.84 bits per heavy atom. The zero-order valence-corrected chi connectivity index (χ0v) is 15.8. The van der Waals surface area contributed by atoms with Crippen molar-refractivity contribution in [2.45, 2.75) is 37.1 Å². The maximum Gasteiger partial charge on any atom is 0.235 e. The maximum atomic E-state index is 12.7. The molecule has 6 heteroatoms. The second-order valence-electron chi connectivity index (χ2n) is 6.55. The molecule has 0 aliphatic carbocycles. The van der Waals surface area contributed by atoms with Crippen molar-refractivity contribution < 1.29 is 9.53 Å². The summed E-state index contributed by atoms with van der Waals surface area (Å²) in [5, 5.41) is 0.666. The first-order valence-electron chi connectivity index (χ1n) is 8.71. The molecule has 134 valence electrons. The standard InChI is InChI=1S/C19H25N3O2S/c1-14-7-10-21(11-8-14)18(23)15(2)25-19-20-9-12-22(19)16-5-4-6-17(13-16)24-3/h4-6,9,12-15H,7-8,10-11H2,1-3H3. The number of hydrogen-bond donors (Lipinski definition) is 0. The summed E-state index contributed by atoms with van der Waals surface area (Å²) in [5.41, 5.74) is 0.978. The van der Waals surface area contributed by atoms with E-state index in [1.165, 1.54) is 11.8 Å². The topological polar surface area (TPSA) is 47.4 Å². The van der Waals surface area contributed by atoms with Crippen LogP contribution in [0.15, 0.2) is 41.8 Å². The first kappa shape index (κ1) is 17.9. The SMILES string of the molecule is COc1cccc(-n2ccnc2SC(C)C(=O)N2CCC(C)CC2)c1. The van der Waals surface area contributed by atoms with Crippen molar-refractivity contribution in [3.05, 3.63) is 36.7 Å². The minimum atomic E-state index is -0.153. The van der Waals surface area contributed by atoms with Gasteiger partial charge in [0, 0.05) is 31.5 Å². The lowest BCUT2D eigenvalue weighted by Crippen LogP contribution is -2.41. The summed E-state index contributed by atoms with van der Waals surface area (Å²) in [7, 11) is 1.66. The fraction of sp³-hybridized carbons (Fsp3) is 0.474. The third-order valence-corrected chi connectivity index (χ3v) is 5.73. The molecule has 0 saturated carbocycles. The van der Waals surface area contributed by atoms with Crippen molar-refractivity contribution in [3.63, 3.8) is 0 Å². The van der Waals surface area contributed by atoms with Gasteiger partial charge in [-0.3, -0.25) is 9.36 Å². The van der Waals surface area contributed by atoms with Crippen molar-refractivity contribution in [2.75, 3.05) is 20.2 Å². The first-order chi connectivity index (χ1) is 12.1. The van der Waals surface area contributed by atoms with Gasteiger partial charge >= 0.3 is 0 Å². The van der Waals surface area contributed by atoms with E-state index in [4.69, 9.17) is 4.74 Å². The highest BCUT2D eigenvalue weighted by atomic mass is 32.2. The summed E-state index contributed by atoms with van der Waals surface area (Å²) in [6, 6.07) is 7.83. The van der Waals surface area contributed by atoms with Gasteiger partial charge in [0.15, 0.2) is 5.16 Å². The zero-order valence-electron chi connectivity index (χ0n) is 15.0. The maximum absolute atomic E-state index is 12.7. The Bertz CT molecular complexity index is 723. The van der Waals surface area contributed by atoms with Crippen LogP contribution in [0.1, 0.15) is 26.7 Å². The number of amides is 1. The second kappa shape index (κ2) is 7.95. The number of likely N-dealkylation sites (tertiary alicyclic amines) is 1. The van der Waals surface area contributed by atoms with Crippen LogP contribution in [-0.2, 0) is 4.79 Å². The summed E-state index contributed by atoms with van der Waals surface area (Å²) in [4.78, 5) is 19.2. The van der Waals surface area contributed by atoms with E-state index >= 15 is 0 Å². The number of piperidine rings is 1. The van der Waals surface area contributed by atoms with Crippen molar-refractivity contribution >= 4 is 17.7 Å². The number of aromatic nitrogens is 2. The first-order valence-corrected chi connectivity index (χ1v) is 9.59. The van der Waals surface area contributed by atoms with E-state index in [0.717, 1.165) is 48.4 Å². The van der Waals surface area contributed by atoms with E-state index in [-0.39, 0.29) is 11.2 Å². The summed E-state index contributed by atoms with van der Waals surface area (Å²) in [6.07, 6.45) is 5.88. The lowest BCUT2D eigenvalue weighted by molar-refractivity contribution is -0.131. The van der Waals surface area contributed by atoms with Crippen LogP contribution in [0.25, 0.3) is 5.69 Å². The van der Waals surface area contributed by atoms with E-state index in [1.807, 2.05) is 46.9 Å². The van der Waals surface area contributed by atoms with Crippen LogP contribution in [0.4, 0.5) is 0 Å². The van der Waals surface area contributed by atoms with E-state index in [9.17, 15) is 4.79 Å². The van der Waals surface area contributed by atoms with Gasteiger partial charge < -0.3 is 9.64 Å². The normalized spacial score (nSPS) is 16.7. The minimum Gasteiger partial charge on any atom is -0.497 e. The molecule has 1 aliphatic heterocycles. The van der Waals surface area contributed by atoms with E-state index in [1.54, 1.807) is 13.3 Å². The number of carbonyl (C=O) groups excluding carboxylic acids is 1. The summed E-state index contributed by atoms with van der Waals surface area (Å²) in [5.74, 6) is 1.73. The van der Waals surface area contributed by atoms with Gasteiger partial charge in [-0.1, -0.05) is 24.8 Å². The Morgan fingerprint density at radius 2 is 2.12 bits per heavy atom. The van der Waals surface area contributed by atoms with E-state index in [2.05, 4.69) is 11.9 Å². The van der Waals surface area contributed by atoms with Crippen LogP contribution in [0.2, 0.25) is 0 Å². The number of methoxy groups -OCH3 is 1. The Labute approximate surface area is 153 Å². The van der Waals surface area contributed by atoms with Crippen molar-refractivity contribution in [1.82, 2.24) is 14.5 Å². The smallest absolute Gasteiger partial charge is 0.235 e. The Morgan fingerprint density at radius 1 is 1.36 bits per heavy atom. The second-order valence-corrected chi connectivity index (χ2v) is 7.86. The van der Waals surface area contributed by atoms with Gasteiger partial charge in [-0.05, 0) is 37.8 Å². The highest BCUT2D eigenvalue weighted by Gasteiger charge is 2.26. The number of ether oxygens (including phenoxy) is 1. The molecule has 1 aromatic carbocycles. The molecule has 1 aromatic heterocycles. The molecule has 1 atom stereocenters. The molecular weight excluding hydrogens is 334 g/mol. The Balaban J connectivity index is 1.71. The summed E-state index contributed by atoms with van der Waals surface area (Å²) >= 11 is 1.51. The molecule has 5 nitrogen and oxygen atoms in total. The van der Waals surface area contributed by atoms with Gasteiger partial charge in [-0.25, -0.2) is 4.98 Å². The average Bonchev–Trinajstić information content (AvgIpc) is 3.10. The summed E-state index contributed by atoms with van der Waals surface area (Å²) in [6.45, 7) is 5.96. The quantitative estimate of drug-likeness (QED) is 0.765. The number of thioether (sulfide) groups is 1. The molecule has 1 amide bonds. The van der Waals surface area contributed by atoms with Crippen LogP contribution in [-0.4, -0.2) is 45.8 Å². The number of nitrogens with zero attached hydrogens (tertiary/aromatic N) is 3. The Kier molecular flexibility index (Phi) is 5.68. The molecule has 2 aromatic rings. The molecule has 25 heavy (non-hydrogen) atoms. The molecule has 1 aliphatic rings. The van der Waals surface area contributed by atoms with Crippen molar-refractivity contribution in [3.8, 4) is 11.4 Å². The van der Waals surface area contributed by atoms with E-state index < -0.39 is 0 Å². The third kappa shape index (κ3) is 4.18. The van der Waals surface area contributed by atoms with Gasteiger partial charge in [-0.15, -0.1) is 0 Å². The largest absolute Gasteiger partial charge is 0.497 e. The molecule has 0 spiro atoms. The molecule has 2 heterocycles. The number of rotatable bonds is 5. The fourth-order valence-corrected chi connectivity index (χ4v) is 4.00. The predicted octanol–water partition coefficient (Wildman–Crippen LogP) is 3.62. The number of hydrogen-bond acceptors (Lipinski definition) is 4. The molecule has 1 fully saturated rings. The van der Waals surface area contributed by atoms with Crippen molar-refractivity contribution in [2.24, 2.45) is 5.92 Å². The average molecular weight is 359 g/mol. The van der Waals surface area contributed by atoms with Gasteiger partial charge in [0.25, 0.3) is 0 Å². The molecular formula is C19H25N3O2S. The van der Waals surface area contributed by atoms with Crippen molar-refractivity contribution in [1.29, 1.82) is 0 Å². The molecule has 0 bridgehead atoms. The fourth-order valence-electron chi connectivity index (χ4n) is 3.03. The number of imidazole rings is 1. The van der Waals surface area contributed by atoms with Crippen LogP contribution in [0, 0.1) is 5.92 Å². The zero-order chi connectivity index (χ0) is 17.8. The minimum absolute atomic E-state index is 0.153. The van der Waals surface area contributed by atoms with Crippen LogP contribution in [0.5, 0.6) is 5.75 Å². The number of benzene rings is 1. The molecule has 1 unspecified atom stereocenters. The number of carbonyl (C=O) groups is 1. The molecule has 0 N–H and O–H groups in total. The van der Waals surface area contributed by atoms with E-state index in [0.29, 0.717) is 0 Å². The molecule has 1 saturated heterocycles. The Hall–Kier alpha value is -1.95. The van der Waals surface area contributed by atoms with Gasteiger partial charge in [0.05, 0.1) is 18.0 Å². The summed E-state index contributed by atoms with van der Waals surface area (Å²) < 4.78 is 7.29. The van der Waals surface area contributed by atoms with Gasteiger partial charge in [0.2, 0.25) is 5.91 Å². The van der Waals surface area contributed by atoms with Gasteiger partial charge in [0.1, 0.15) is 5.75 Å². The molecule has 3 rings (SSSR count). The van der Waals surface area contributed by atoms with Crippen LogP contribution < -0.4 is 4.74 Å². The lowest BCUT2D eigenvalue weighted by atomic mass is 9.99. The molecule has 0 radical (unpaired) electrons. The lowest BCUT2D eigenvalue weighted by Gasteiger charge is -2.32. The predicted molar refractivity (Wildman–Crippen MR) is 100 cm³/mol.